The lowest BCUT2D eigenvalue weighted by Gasteiger charge is -2.05. The second kappa shape index (κ2) is 3.83. The van der Waals surface area contributed by atoms with Crippen LogP contribution in [0.2, 0.25) is 5.02 Å². The fraction of sp³-hybridized carbons (Fsp3) is 0. The van der Waals surface area contributed by atoms with Crippen LogP contribution in [-0.2, 0) is 0 Å². The summed E-state index contributed by atoms with van der Waals surface area (Å²) in [7, 11) is 0. The molecule has 0 aliphatic rings. The summed E-state index contributed by atoms with van der Waals surface area (Å²) in [5, 5.41) is 1.92. The van der Waals surface area contributed by atoms with Gasteiger partial charge in [-0.05, 0) is 16.8 Å². The molecular formula is C12H7ClO2. The van der Waals surface area contributed by atoms with Crippen molar-refractivity contribution in [3.8, 4) is 0 Å². The Morgan fingerprint density at radius 1 is 1.00 bits per heavy atom. The fourth-order valence-electron chi connectivity index (χ4n) is 1.60. The van der Waals surface area contributed by atoms with Gasteiger partial charge in [0.2, 0.25) is 0 Å². The summed E-state index contributed by atoms with van der Waals surface area (Å²) in [6.45, 7) is 0. The average Bonchev–Trinajstić information content (AvgIpc) is 2.27. The van der Waals surface area contributed by atoms with Crippen LogP contribution < -0.4 is 0 Å². The number of carbonyl (C=O) groups is 2. The van der Waals surface area contributed by atoms with Crippen molar-refractivity contribution in [3.63, 3.8) is 0 Å². The molecular weight excluding hydrogens is 212 g/mol. The topological polar surface area (TPSA) is 34.1 Å². The molecule has 0 radical (unpaired) electrons. The summed E-state index contributed by atoms with van der Waals surface area (Å²) in [6, 6.07) is 9.00. The van der Waals surface area contributed by atoms with Gasteiger partial charge >= 0.3 is 0 Å². The second-order valence-corrected chi connectivity index (χ2v) is 3.55. The van der Waals surface area contributed by atoms with Gasteiger partial charge in [-0.15, -0.1) is 0 Å². The minimum Gasteiger partial charge on any atom is -0.298 e. The molecule has 0 aliphatic heterocycles. The van der Waals surface area contributed by atoms with Crippen LogP contribution in [0.4, 0.5) is 0 Å². The lowest BCUT2D eigenvalue weighted by Crippen LogP contribution is -1.94. The zero-order valence-electron chi connectivity index (χ0n) is 7.74. The molecule has 2 rings (SSSR count). The maximum atomic E-state index is 10.9. The van der Waals surface area contributed by atoms with E-state index < -0.39 is 0 Å². The molecule has 3 heteroatoms. The van der Waals surface area contributed by atoms with Crippen molar-refractivity contribution in [2.75, 3.05) is 0 Å². The monoisotopic (exact) mass is 218 g/mol. The lowest BCUT2D eigenvalue weighted by molar-refractivity contribution is 0.109. The minimum absolute atomic E-state index is 0.255. The van der Waals surface area contributed by atoms with E-state index in [1.807, 2.05) is 18.2 Å². The van der Waals surface area contributed by atoms with E-state index in [4.69, 9.17) is 11.6 Å². The first kappa shape index (κ1) is 9.87. The molecule has 15 heavy (non-hydrogen) atoms. The zero-order chi connectivity index (χ0) is 10.8. The third-order valence-electron chi connectivity index (χ3n) is 2.32. The second-order valence-electron chi connectivity index (χ2n) is 3.14. The van der Waals surface area contributed by atoms with E-state index in [1.54, 1.807) is 12.1 Å². The predicted molar refractivity (Wildman–Crippen MR) is 59.7 cm³/mol. The highest BCUT2D eigenvalue weighted by atomic mass is 35.5. The summed E-state index contributed by atoms with van der Waals surface area (Å²) in [4.78, 5) is 21.7. The van der Waals surface area contributed by atoms with Crippen LogP contribution in [0.15, 0.2) is 30.3 Å². The van der Waals surface area contributed by atoms with Crippen LogP contribution in [0.3, 0.4) is 0 Å². The average molecular weight is 219 g/mol. The lowest BCUT2D eigenvalue weighted by atomic mass is 10.0. The molecule has 0 heterocycles. The van der Waals surface area contributed by atoms with Crippen molar-refractivity contribution in [2.24, 2.45) is 0 Å². The molecule has 2 aromatic carbocycles. The van der Waals surface area contributed by atoms with Crippen molar-refractivity contribution in [3.05, 3.63) is 46.5 Å². The van der Waals surface area contributed by atoms with Gasteiger partial charge in [0.15, 0.2) is 12.6 Å². The van der Waals surface area contributed by atoms with Gasteiger partial charge in [-0.25, -0.2) is 0 Å². The number of hydrogen-bond acceptors (Lipinski definition) is 2. The predicted octanol–water partition coefficient (Wildman–Crippen LogP) is 3.12. The maximum absolute atomic E-state index is 10.9. The van der Waals surface area contributed by atoms with E-state index in [0.29, 0.717) is 23.2 Å². The largest absolute Gasteiger partial charge is 0.298 e. The highest BCUT2D eigenvalue weighted by Gasteiger charge is 2.10. The van der Waals surface area contributed by atoms with Crippen LogP contribution in [0, 0.1) is 0 Å². The number of carbonyl (C=O) groups excluding carboxylic acids is 2. The highest BCUT2D eigenvalue weighted by molar-refractivity contribution is 6.34. The van der Waals surface area contributed by atoms with Gasteiger partial charge in [0.1, 0.15) is 0 Å². The van der Waals surface area contributed by atoms with Gasteiger partial charge in [0.05, 0.1) is 5.02 Å². The first-order valence-electron chi connectivity index (χ1n) is 4.39. The Morgan fingerprint density at radius 2 is 1.67 bits per heavy atom. The number of halogens is 1. The van der Waals surface area contributed by atoms with Gasteiger partial charge in [0, 0.05) is 11.1 Å². The molecule has 0 fully saturated rings. The molecule has 74 valence electrons. The number of rotatable bonds is 2. The summed E-state index contributed by atoms with van der Waals surface area (Å²) in [5.41, 5.74) is 0.610. The Balaban J connectivity index is 2.97. The Bertz CT molecular complexity index is 547. The SMILES string of the molecule is O=Cc1c(Cl)cc2ccccc2c1C=O. The van der Waals surface area contributed by atoms with Crippen LogP contribution in [0.1, 0.15) is 20.7 Å². The molecule has 0 atom stereocenters. The Labute approximate surface area is 91.5 Å². The Kier molecular flexibility index (Phi) is 2.52. The number of aldehydes is 2. The standard InChI is InChI=1S/C12H7ClO2/c13-12-5-8-3-1-2-4-9(8)10(6-14)11(12)7-15/h1-7H. The minimum atomic E-state index is 0.255. The van der Waals surface area contributed by atoms with Gasteiger partial charge in [-0.2, -0.15) is 0 Å². The number of benzene rings is 2. The molecule has 0 N–H and O–H groups in total. The summed E-state index contributed by atoms with van der Waals surface area (Å²) in [6.07, 6.45) is 1.27. The van der Waals surface area contributed by atoms with Crippen molar-refractivity contribution in [2.45, 2.75) is 0 Å². The summed E-state index contributed by atoms with van der Waals surface area (Å²) >= 11 is 5.90. The van der Waals surface area contributed by atoms with Crippen LogP contribution in [-0.4, -0.2) is 12.6 Å². The molecule has 0 saturated heterocycles. The van der Waals surface area contributed by atoms with E-state index >= 15 is 0 Å². The molecule has 0 amide bonds. The number of fused-ring (bicyclic) bond motifs is 1. The molecule has 2 aromatic rings. The molecule has 2 nitrogen and oxygen atoms in total. The third kappa shape index (κ3) is 1.53. The first-order valence-corrected chi connectivity index (χ1v) is 4.77. The van der Waals surface area contributed by atoms with Crippen molar-refractivity contribution in [1.29, 1.82) is 0 Å². The molecule has 0 unspecified atom stereocenters. The highest BCUT2D eigenvalue weighted by Crippen LogP contribution is 2.26. The zero-order valence-corrected chi connectivity index (χ0v) is 8.49. The van der Waals surface area contributed by atoms with Gasteiger partial charge in [-0.1, -0.05) is 35.9 Å². The molecule has 0 saturated carbocycles. The van der Waals surface area contributed by atoms with E-state index in [-0.39, 0.29) is 5.56 Å². The molecule has 0 aromatic heterocycles. The van der Waals surface area contributed by atoms with Crippen molar-refractivity contribution in [1.82, 2.24) is 0 Å². The molecule has 0 aliphatic carbocycles. The summed E-state index contributed by atoms with van der Waals surface area (Å²) in [5.74, 6) is 0. The smallest absolute Gasteiger partial charge is 0.152 e. The molecule has 0 bridgehead atoms. The number of hydrogen-bond donors (Lipinski definition) is 0. The fourth-order valence-corrected chi connectivity index (χ4v) is 1.87. The van der Waals surface area contributed by atoms with E-state index in [2.05, 4.69) is 0 Å². The van der Waals surface area contributed by atoms with E-state index in [1.165, 1.54) is 0 Å². The van der Waals surface area contributed by atoms with Crippen molar-refractivity contribution < 1.29 is 9.59 Å². The van der Waals surface area contributed by atoms with E-state index in [9.17, 15) is 9.59 Å². The van der Waals surface area contributed by atoms with Crippen LogP contribution >= 0.6 is 11.6 Å². The Morgan fingerprint density at radius 3 is 2.33 bits per heavy atom. The van der Waals surface area contributed by atoms with Gasteiger partial charge < -0.3 is 0 Å². The molecule has 0 spiro atoms. The van der Waals surface area contributed by atoms with E-state index in [0.717, 1.165) is 10.8 Å². The third-order valence-corrected chi connectivity index (χ3v) is 2.63. The summed E-state index contributed by atoms with van der Waals surface area (Å²) < 4.78 is 0. The van der Waals surface area contributed by atoms with Crippen molar-refractivity contribution >= 4 is 34.9 Å². The van der Waals surface area contributed by atoms with Crippen LogP contribution in [0.25, 0.3) is 10.8 Å². The van der Waals surface area contributed by atoms with Gasteiger partial charge in [0.25, 0.3) is 0 Å². The van der Waals surface area contributed by atoms with Gasteiger partial charge in [-0.3, -0.25) is 9.59 Å². The van der Waals surface area contributed by atoms with Crippen LogP contribution in [0.5, 0.6) is 0 Å². The Hall–Kier alpha value is -1.67. The quantitative estimate of drug-likeness (QED) is 0.726. The first-order chi connectivity index (χ1) is 7.27. The normalized spacial score (nSPS) is 10.2. The maximum Gasteiger partial charge on any atom is 0.152 e.